The summed E-state index contributed by atoms with van der Waals surface area (Å²) in [6.45, 7) is 1.56. The van der Waals surface area contributed by atoms with Crippen molar-refractivity contribution in [2.45, 2.75) is 18.9 Å². The minimum absolute atomic E-state index is 0.0263. The highest BCUT2D eigenvalue weighted by molar-refractivity contribution is 7.80. The maximum Gasteiger partial charge on any atom is 0.270 e. The third-order valence-electron chi connectivity index (χ3n) is 5.04. The topological polar surface area (TPSA) is 78.9 Å². The second-order valence-electron chi connectivity index (χ2n) is 7.89. The van der Waals surface area contributed by atoms with Gasteiger partial charge in [-0.3, -0.25) is 19.8 Å². The molecule has 1 atom stereocenters. The SMILES string of the molecule is CC(O)(C=C1C(=O)NC(=S)N(c2ccc(Oc3ccccc3)cc2)C1=O)Cc1ccccc1. The van der Waals surface area contributed by atoms with Gasteiger partial charge >= 0.3 is 0 Å². The number of nitrogens with one attached hydrogen (secondary N) is 1. The molecule has 0 aliphatic carbocycles. The van der Waals surface area contributed by atoms with Gasteiger partial charge in [0.1, 0.15) is 17.1 Å². The lowest BCUT2D eigenvalue weighted by atomic mass is 9.93. The summed E-state index contributed by atoms with van der Waals surface area (Å²) >= 11 is 5.25. The Balaban J connectivity index is 1.56. The van der Waals surface area contributed by atoms with Gasteiger partial charge in [-0.15, -0.1) is 0 Å². The average molecular weight is 459 g/mol. The second-order valence-corrected chi connectivity index (χ2v) is 8.27. The molecule has 3 aromatic carbocycles. The molecule has 0 radical (unpaired) electrons. The number of rotatable bonds is 6. The number of hydrogen-bond donors (Lipinski definition) is 2. The number of hydrogen-bond acceptors (Lipinski definition) is 5. The molecule has 2 N–H and O–H groups in total. The number of ether oxygens (including phenoxy) is 1. The minimum atomic E-state index is -1.41. The van der Waals surface area contributed by atoms with E-state index in [2.05, 4.69) is 5.32 Å². The van der Waals surface area contributed by atoms with Crippen LogP contribution < -0.4 is 15.0 Å². The van der Waals surface area contributed by atoms with Gasteiger partial charge in [-0.2, -0.15) is 0 Å². The average Bonchev–Trinajstić information content (AvgIpc) is 2.79. The first-order valence-electron chi connectivity index (χ1n) is 10.3. The van der Waals surface area contributed by atoms with Crippen molar-refractivity contribution in [3.63, 3.8) is 0 Å². The Labute approximate surface area is 197 Å². The van der Waals surface area contributed by atoms with E-state index in [-0.39, 0.29) is 17.1 Å². The van der Waals surface area contributed by atoms with E-state index in [1.54, 1.807) is 31.2 Å². The van der Waals surface area contributed by atoms with Crippen molar-refractivity contribution in [1.82, 2.24) is 5.32 Å². The van der Waals surface area contributed by atoms with Crippen LogP contribution in [0.15, 0.2) is 96.6 Å². The third-order valence-corrected chi connectivity index (χ3v) is 5.32. The number of nitrogens with zero attached hydrogens (tertiary/aromatic N) is 1. The molecule has 2 amide bonds. The summed E-state index contributed by atoms with van der Waals surface area (Å²) in [6.07, 6.45) is 1.53. The Bertz CT molecular complexity index is 1210. The van der Waals surface area contributed by atoms with Gasteiger partial charge in [-0.05, 0) is 67.2 Å². The molecular formula is C26H22N2O4S. The highest BCUT2D eigenvalue weighted by Crippen LogP contribution is 2.27. The summed E-state index contributed by atoms with van der Waals surface area (Å²) < 4.78 is 5.78. The van der Waals surface area contributed by atoms with Crippen molar-refractivity contribution in [3.8, 4) is 11.5 Å². The number of amides is 2. The molecule has 1 aliphatic rings. The number of aliphatic hydroxyl groups is 1. The van der Waals surface area contributed by atoms with Crippen molar-refractivity contribution in [3.05, 3.63) is 102 Å². The molecule has 0 saturated carbocycles. The van der Waals surface area contributed by atoms with Crippen molar-refractivity contribution in [2.24, 2.45) is 0 Å². The van der Waals surface area contributed by atoms with Crippen molar-refractivity contribution >= 4 is 34.8 Å². The van der Waals surface area contributed by atoms with E-state index in [0.717, 1.165) is 5.56 Å². The summed E-state index contributed by atoms with van der Waals surface area (Å²) in [6, 6.07) is 25.5. The highest BCUT2D eigenvalue weighted by Gasteiger charge is 2.36. The van der Waals surface area contributed by atoms with Gasteiger partial charge in [0.15, 0.2) is 5.11 Å². The Kier molecular flexibility index (Phi) is 6.35. The quantitative estimate of drug-likeness (QED) is 0.330. The Hall–Kier alpha value is -3.81. The highest BCUT2D eigenvalue weighted by atomic mass is 32.1. The van der Waals surface area contributed by atoms with E-state index in [9.17, 15) is 14.7 Å². The zero-order valence-corrected chi connectivity index (χ0v) is 18.7. The minimum Gasteiger partial charge on any atom is -0.457 e. The van der Waals surface area contributed by atoms with Crippen molar-refractivity contribution in [2.75, 3.05) is 4.90 Å². The van der Waals surface area contributed by atoms with Crippen LogP contribution in [0.25, 0.3) is 0 Å². The van der Waals surface area contributed by atoms with Gasteiger partial charge in [0.05, 0.1) is 11.3 Å². The maximum atomic E-state index is 13.2. The number of thiocarbonyl (C=S) groups is 1. The number of carbonyl (C=O) groups is 2. The third kappa shape index (κ3) is 5.34. The molecule has 1 heterocycles. The lowest BCUT2D eigenvalue weighted by molar-refractivity contribution is -0.122. The zero-order chi connectivity index (χ0) is 23.4. The van der Waals surface area contributed by atoms with E-state index in [4.69, 9.17) is 17.0 Å². The Morgan fingerprint density at radius 1 is 0.939 bits per heavy atom. The first-order valence-corrected chi connectivity index (χ1v) is 10.8. The van der Waals surface area contributed by atoms with Gasteiger partial charge in [0.25, 0.3) is 11.8 Å². The molecule has 33 heavy (non-hydrogen) atoms. The Morgan fingerprint density at radius 3 is 2.15 bits per heavy atom. The predicted molar refractivity (Wildman–Crippen MR) is 130 cm³/mol. The lowest BCUT2D eigenvalue weighted by Gasteiger charge is -2.30. The largest absolute Gasteiger partial charge is 0.457 e. The summed E-state index contributed by atoms with van der Waals surface area (Å²) in [5.41, 5.74) is -0.237. The first kappa shape index (κ1) is 22.4. The van der Waals surface area contributed by atoms with Crippen molar-refractivity contribution in [1.29, 1.82) is 0 Å². The molecule has 1 aliphatic heterocycles. The molecule has 0 spiro atoms. The fourth-order valence-electron chi connectivity index (χ4n) is 3.55. The Morgan fingerprint density at radius 2 is 1.52 bits per heavy atom. The van der Waals surface area contributed by atoms with E-state index < -0.39 is 17.4 Å². The van der Waals surface area contributed by atoms with E-state index in [1.807, 2.05) is 60.7 Å². The number of carbonyl (C=O) groups excluding carboxylic acids is 2. The molecule has 1 saturated heterocycles. The lowest BCUT2D eigenvalue weighted by Crippen LogP contribution is -2.54. The summed E-state index contributed by atoms with van der Waals surface area (Å²) in [7, 11) is 0. The first-order chi connectivity index (χ1) is 15.8. The fraction of sp³-hybridized carbons (Fsp3) is 0.115. The molecule has 4 rings (SSSR count). The van der Waals surface area contributed by atoms with Crippen LogP contribution in [0.5, 0.6) is 11.5 Å². The van der Waals surface area contributed by atoms with Crippen LogP contribution in [-0.4, -0.2) is 27.6 Å². The van der Waals surface area contributed by atoms with Crippen molar-refractivity contribution < 1.29 is 19.4 Å². The maximum absolute atomic E-state index is 13.2. The molecule has 3 aromatic rings. The van der Waals surface area contributed by atoms with Crippen LogP contribution in [-0.2, 0) is 16.0 Å². The molecule has 6 nitrogen and oxygen atoms in total. The molecule has 0 aromatic heterocycles. The number of anilines is 1. The monoisotopic (exact) mass is 458 g/mol. The van der Waals surface area contributed by atoms with Crippen LogP contribution in [0.1, 0.15) is 12.5 Å². The summed E-state index contributed by atoms with van der Waals surface area (Å²) in [4.78, 5) is 27.0. The van der Waals surface area contributed by atoms with Gasteiger partial charge in [-0.25, -0.2) is 0 Å². The second kappa shape index (κ2) is 9.36. The smallest absolute Gasteiger partial charge is 0.270 e. The number of para-hydroxylation sites is 1. The van der Waals surface area contributed by atoms with Crippen LogP contribution in [0, 0.1) is 0 Å². The molecule has 1 unspecified atom stereocenters. The van der Waals surface area contributed by atoms with Gasteiger partial charge in [-0.1, -0.05) is 48.5 Å². The van der Waals surface area contributed by atoms with Crippen LogP contribution >= 0.6 is 12.2 Å². The van der Waals surface area contributed by atoms with Gasteiger partial charge in [0.2, 0.25) is 0 Å². The zero-order valence-electron chi connectivity index (χ0n) is 17.9. The molecular weight excluding hydrogens is 436 g/mol. The van der Waals surface area contributed by atoms with Crippen LogP contribution in [0.3, 0.4) is 0 Å². The number of benzene rings is 3. The fourth-order valence-corrected chi connectivity index (χ4v) is 3.83. The van der Waals surface area contributed by atoms with Gasteiger partial charge in [0, 0.05) is 6.42 Å². The summed E-state index contributed by atoms with van der Waals surface area (Å²) in [5, 5.41) is 13.4. The molecule has 0 bridgehead atoms. The predicted octanol–water partition coefficient (Wildman–Crippen LogP) is 4.15. The van der Waals surface area contributed by atoms with Gasteiger partial charge < -0.3 is 9.84 Å². The van der Waals surface area contributed by atoms with E-state index in [1.165, 1.54) is 11.0 Å². The molecule has 166 valence electrons. The normalized spacial score (nSPS) is 17.0. The van der Waals surface area contributed by atoms with E-state index >= 15 is 0 Å². The van der Waals surface area contributed by atoms with E-state index in [0.29, 0.717) is 17.2 Å². The standard InChI is InChI=1S/C26H22N2O4S/c1-26(31,16-18-8-4-2-5-9-18)17-22-23(29)27-25(33)28(24(22)30)19-12-14-21(15-13-19)32-20-10-6-3-7-11-20/h2-15,17,31H,16H2,1H3,(H,27,29,33). The summed E-state index contributed by atoms with van der Waals surface area (Å²) in [5.74, 6) is 0.0336. The van der Waals surface area contributed by atoms with Crippen LogP contribution in [0.2, 0.25) is 0 Å². The molecule has 1 fully saturated rings. The molecule has 7 heteroatoms. The van der Waals surface area contributed by atoms with Crippen LogP contribution in [0.4, 0.5) is 5.69 Å².